The van der Waals surface area contributed by atoms with Gasteiger partial charge in [-0.3, -0.25) is 0 Å². The molecule has 0 aliphatic carbocycles. The Morgan fingerprint density at radius 2 is 1.38 bits per heavy atom. The normalized spacial score (nSPS) is 10.2. The van der Waals surface area contributed by atoms with Crippen molar-refractivity contribution in [2.75, 3.05) is 17.2 Å². The minimum atomic E-state index is 0.659. The van der Waals surface area contributed by atoms with Crippen molar-refractivity contribution < 1.29 is 4.74 Å². The Balaban J connectivity index is 1.69. The Kier molecular flexibility index (Phi) is 4.91. The Labute approximate surface area is 141 Å². The molecular weight excluding hydrogens is 300 g/mol. The first-order valence-electron chi connectivity index (χ1n) is 7.88. The second-order valence-electron chi connectivity index (χ2n) is 5.36. The van der Waals surface area contributed by atoms with Crippen LogP contribution < -0.4 is 15.4 Å². The van der Waals surface area contributed by atoms with Crippen LogP contribution in [0.2, 0.25) is 0 Å². The molecule has 0 unspecified atom stereocenters. The largest absolute Gasteiger partial charge is 0.494 e. The minimum absolute atomic E-state index is 0.659. The summed E-state index contributed by atoms with van der Waals surface area (Å²) in [4.78, 5) is 8.51. The molecule has 0 aliphatic rings. The number of nitrogens with zero attached hydrogens (tertiary/aromatic N) is 2. The highest BCUT2D eigenvalue weighted by Crippen LogP contribution is 2.21. The van der Waals surface area contributed by atoms with Crippen molar-refractivity contribution >= 4 is 23.0 Å². The van der Waals surface area contributed by atoms with Gasteiger partial charge in [0.2, 0.25) is 0 Å². The van der Waals surface area contributed by atoms with Crippen LogP contribution in [0.15, 0.2) is 60.9 Å². The first kappa shape index (κ1) is 15.8. The Hall–Kier alpha value is -3.08. The van der Waals surface area contributed by atoms with E-state index in [-0.39, 0.29) is 0 Å². The van der Waals surface area contributed by atoms with Gasteiger partial charge in [0, 0.05) is 17.4 Å². The van der Waals surface area contributed by atoms with E-state index in [1.54, 1.807) is 0 Å². The number of aromatic nitrogens is 2. The van der Waals surface area contributed by atoms with Gasteiger partial charge in [-0.15, -0.1) is 0 Å². The smallest absolute Gasteiger partial charge is 0.135 e. The van der Waals surface area contributed by atoms with Crippen LogP contribution in [0.4, 0.5) is 23.0 Å². The average molecular weight is 320 g/mol. The van der Waals surface area contributed by atoms with Gasteiger partial charge in [-0.05, 0) is 50.2 Å². The van der Waals surface area contributed by atoms with E-state index >= 15 is 0 Å². The molecule has 0 fully saturated rings. The van der Waals surface area contributed by atoms with Gasteiger partial charge in [-0.25, -0.2) is 9.97 Å². The summed E-state index contributed by atoms with van der Waals surface area (Å²) in [6.07, 6.45) is 1.54. The standard InChI is InChI=1S/C19H20N4O/c1-3-24-17-10-8-16(9-11-17)23-19-12-18(20-13-21-19)22-15-6-4-14(2)5-7-15/h4-13H,3H2,1-2H3,(H2,20,21,22,23). The van der Waals surface area contributed by atoms with Crippen molar-refractivity contribution in [2.45, 2.75) is 13.8 Å². The number of anilines is 4. The van der Waals surface area contributed by atoms with Crippen molar-refractivity contribution in [3.63, 3.8) is 0 Å². The van der Waals surface area contributed by atoms with Gasteiger partial charge in [0.05, 0.1) is 6.61 Å². The summed E-state index contributed by atoms with van der Waals surface area (Å²) in [5, 5.41) is 6.53. The van der Waals surface area contributed by atoms with Gasteiger partial charge in [-0.2, -0.15) is 0 Å². The first-order chi connectivity index (χ1) is 11.7. The Morgan fingerprint density at radius 1 is 0.833 bits per heavy atom. The number of rotatable bonds is 6. The molecule has 1 heterocycles. The van der Waals surface area contributed by atoms with E-state index in [1.165, 1.54) is 11.9 Å². The third-order valence-electron chi connectivity index (χ3n) is 3.43. The zero-order chi connectivity index (χ0) is 16.8. The van der Waals surface area contributed by atoms with Crippen LogP contribution in [0, 0.1) is 6.92 Å². The molecule has 0 aliphatic heterocycles. The lowest BCUT2D eigenvalue weighted by Crippen LogP contribution is -1.98. The quantitative estimate of drug-likeness (QED) is 0.691. The van der Waals surface area contributed by atoms with Gasteiger partial charge < -0.3 is 15.4 Å². The van der Waals surface area contributed by atoms with Gasteiger partial charge in [-0.1, -0.05) is 17.7 Å². The molecule has 0 radical (unpaired) electrons. The molecule has 3 rings (SSSR count). The summed E-state index contributed by atoms with van der Waals surface area (Å²) in [5.74, 6) is 2.32. The number of hydrogen-bond acceptors (Lipinski definition) is 5. The average Bonchev–Trinajstić information content (AvgIpc) is 2.59. The number of benzene rings is 2. The van der Waals surface area contributed by atoms with Crippen molar-refractivity contribution in [1.29, 1.82) is 0 Å². The highest BCUT2D eigenvalue weighted by atomic mass is 16.5. The van der Waals surface area contributed by atoms with Crippen molar-refractivity contribution in [1.82, 2.24) is 9.97 Å². The molecule has 0 saturated carbocycles. The van der Waals surface area contributed by atoms with Crippen LogP contribution in [-0.4, -0.2) is 16.6 Å². The summed E-state index contributed by atoms with van der Waals surface area (Å²) < 4.78 is 5.44. The lowest BCUT2D eigenvalue weighted by Gasteiger charge is -2.09. The van der Waals surface area contributed by atoms with E-state index < -0.39 is 0 Å². The molecule has 5 nitrogen and oxygen atoms in total. The van der Waals surface area contributed by atoms with Gasteiger partial charge in [0.25, 0.3) is 0 Å². The predicted octanol–water partition coefficient (Wildman–Crippen LogP) is 4.67. The molecule has 3 aromatic rings. The molecule has 122 valence electrons. The number of nitrogens with one attached hydrogen (secondary N) is 2. The zero-order valence-electron chi connectivity index (χ0n) is 13.8. The molecule has 5 heteroatoms. The molecule has 24 heavy (non-hydrogen) atoms. The first-order valence-corrected chi connectivity index (χ1v) is 7.88. The molecular formula is C19H20N4O. The maximum atomic E-state index is 5.44. The fourth-order valence-electron chi connectivity index (χ4n) is 2.23. The van der Waals surface area contributed by atoms with Crippen LogP contribution in [-0.2, 0) is 0 Å². The maximum absolute atomic E-state index is 5.44. The van der Waals surface area contributed by atoms with Gasteiger partial charge >= 0.3 is 0 Å². The van der Waals surface area contributed by atoms with Crippen LogP contribution in [0.3, 0.4) is 0 Å². The number of ether oxygens (including phenoxy) is 1. The fraction of sp³-hybridized carbons (Fsp3) is 0.158. The molecule has 0 atom stereocenters. The van der Waals surface area contributed by atoms with E-state index in [0.29, 0.717) is 6.61 Å². The Morgan fingerprint density at radius 3 is 1.92 bits per heavy atom. The minimum Gasteiger partial charge on any atom is -0.494 e. The summed E-state index contributed by atoms with van der Waals surface area (Å²) in [5.41, 5.74) is 3.16. The molecule has 2 aromatic carbocycles. The fourth-order valence-corrected chi connectivity index (χ4v) is 2.23. The highest BCUT2D eigenvalue weighted by molar-refractivity contribution is 5.63. The van der Waals surface area contributed by atoms with Crippen LogP contribution in [0.5, 0.6) is 5.75 Å². The monoisotopic (exact) mass is 320 g/mol. The predicted molar refractivity (Wildman–Crippen MR) is 97.4 cm³/mol. The van der Waals surface area contributed by atoms with Crippen molar-refractivity contribution in [3.05, 3.63) is 66.5 Å². The van der Waals surface area contributed by atoms with E-state index in [9.17, 15) is 0 Å². The number of aryl methyl sites for hydroxylation is 1. The lowest BCUT2D eigenvalue weighted by atomic mass is 10.2. The lowest BCUT2D eigenvalue weighted by molar-refractivity contribution is 0.340. The molecule has 2 N–H and O–H groups in total. The summed E-state index contributed by atoms with van der Waals surface area (Å²) in [6.45, 7) is 4.69. The van der Waals surface area contributed by atoms with E-state index in [4.69, 9.17) is 4.74 Å². The van der Waals surface area contributed by atoms with E-state index in [2.05, 4.69) is 39.7 Å². The molecule has 0 bridgehead atoms. The van der Waals surface area contributed by atoms with Crippen molar-refractivity contribution in [2.24, 2.45) is 0 Å². The van der Waals surface area contributed by atoms with Crippen LogP contribution >= 0.6 is 0 Å². The summed E-state index contributed by atoms with van der Waals surface area (Å²) in [6, 6.07) is 17.8. The molecule has 1 aromatic heterocycles. The van der Waals surface area contributed by atoms with E-state index in [1.807, 2.05) is 49.4 Å². The molecule has 0 saturated heterocycles. The highest BCUT2D eigenvalue weighted by Gasteiger charge is 2.01. The maximum Gasteiger partial charge on any atom is 0.135 e. The summed E-state index contributed by atoms with van der Waals surface area (Å²) >= 11 is 0. The van der Waals surface area contributed by atoms with E-state index in [0.717, 1.165) is 28.8 Å². The summed E-state index contributed by atoms with van der Waals surface area (Å²) in [7, 11) is 0. The van der Waals surface area contributed by atoms with Crippen molar-refractivity contribution in [3.8, 4) is 5.75 Å². The number of hydrogen-bond donors (Lipinski definition) is 2. The Bertz CT molecular complexity index is 785. The van der Waals surface area contributed by atoms with Crippen LogP contribution in [0.25, 0.3) is 0 Å². The zero-order valence-corrected chi connectivity index (χ0v) is 13.8. The second kappa shape index (κ2) is 7.46. The van der Waals surface area contributed by atoms with Crippen LogP contribution in [0.1, 0.15) is 12.5 Å². The van der Waals surface area contributed by atoms with Gasteiger partial charge in [0.15, 0.2) is 0 Å². The molecule has 0 amide bonds. The second-order valence-corrected chi connectivity index (χ2v) is 5.36. The van der Waals surface area contributed by atoms with Gasteiger partial charge in [0.1, 0.15) is 23.7 Å². The third kappa shape index (κ3) is 4.23. The SMILES string of the molecule is CCOc1ccc(Nc2cc(Nc3ccc(C)cc3)ncn2)cc1. The molecule has 0 spiro atoms. The topological polar surface area (TPSA) is 59.1 Å². The third-order valence-corrected chi connectivity index (χ3v) is 3.43.